The standard InChI is InChI=1S/C5H8F2O5/c6-5(7,11)3-1(8)2(9)4(10)12-3/h1-4,8-11H/t1-,2+,3-,4?/m0/s1. The zero-order valence-corrected chi connectivity index (χ0v) is 5.76. The van der Waals surface area contributed by atoms with Gasteiger partial charge in [-0.15, -0.1) is 0 Å². The molecule has 1 rings (SSSR count). The molecule has 1 fully saturated rings. The van der Waals surface area contributed by atoms with Gasteiger partial charge >= 0.3 is 6.11 Å². The normalized spacial score (nSPS) is 43.5. The molecule has 0 radical (unpaired) electrons. The van der Waals surface area contributed by atoms with Crippen LogP contribution in [0.3, 0.4) is 0 Å². The van der Waals surface area contributed by atoms with Crippen LogP contribution in [0.15, 0.2) is 0 Å². The van der Waals surface area contributed by atoms with E-state index in [0.29, 0.717) is 0 Å². The summed E-state index contributed by atoms with van der Waals surface area (Å²) in [6, 6.07) is 0. The van der Waals surface area contributed by atoms with E-state index in [0.717, 1.165) is 0 Å². The lowest BCUT2D eigenvalue weighted by atomic mass is 10.1. The molecule has 0 aromatic carbocycles. The molecule has 0 aliphatic carbocycles. The van der Waals surface area contributed by atoms with Crippen molar-refractivity contribution in [3.63, 3.8) is 0 Å². The maximum Gasteiger partial charge on any atom is 0.382 e. The summed E-state index contributed by atoms with van der Waals surface area (Å²) in [4.78, 5) is 0. The Labute approximate surface area is 65.8 Å². The molecular weight excluding hydrogens is 178 g/mol. The van der Waals surface area contributed by atoms with Crippen molar-refractivity contribution in [1.82, 2.24) is 0 Å². The first-order valence-electron chi connectivity index (χ1n) is 3.14. The van der Waals surface area contributed by atoms with E-state index in [4.69, 9.17) is 20.4 Å². The minimum atomic E-state index is -4.28. The van der Waals surface area contributed by atoms with Crippen molar-refractivity contribution in [1.29, 1.82) is 0 Å². The van der Waals surface area contributed by atoms with Crippen molar-refractivity contribution in [2.24, 2.45) is 0 Å². The summed E-state index contributed by atoms with van der Waals surface area (Å²) in [5, 5.41) is 34.2. The Morgan fingerprint density at radius 2 is 1.58 bits per heavy atom. The van der Waals surface area contributed by atoms with Crippen molar-refractivity contribution in [3.05, 3.63) is 0 Å². The van der Waals surface area contributed by atoms with E-state index >= 15 is 0 Å². The lowest BCUT2D eigenvalue weighted by Gasteiger charge is -2.18. The van der Waals surface area contributed by atoms with Crippen LogP contribution in [0.4, 0.5) is 8.78 Å². The number of halogens is 2. The molecule has 0 bridgehead atoms. The van der Waals surface area contributed by atoms with Crippen LogP contribution < -0.4 is 0 Å². The first-order valence-corrected chi connectivity index (χ1v) is 3.14. The van der Waals surface area contributed by atoms with Gasteiger partial charge < -0.3 is 25.2 Å². The van der Waals surface area contributed by atoms with E-state index in [1.165, 1.54) is 0 Å². The minimum Gasteiger partial charge on any atom is -0.387 e. The number of hydrogen-bond acceptors (Lipinski definition) is 5. The third-order valence-corrected chi connectivity index (χ3v) is 1.58. The second-order valence-corrected chi connectivity index (χ2v) is 2.52. The quantitative estimate of drug-likeness (QED) is 0.380. The van der Waals surface area contributed by atoms with Gasteiger partial charge in [-0.3, -0.25) is 0 Å². The summed E-state index contributed by atoms with van der Waals surface area (Å²) in [6.45, 7) is 0. The van der Waals surface area contributed by atoms with Gasteiger partial charge in [0.2, 0.25) is 0 Å². The van der Waals surface area contributed by atoms with Crippen LogP contribution in [0, 0.1) is 0 Å². The molecule has 1 aliphatic heterocycles. The van der Waals surface area contributed by atoms with Crippen molar-refractivity contribution in [3.8, 4) is 0 Å². The molecule has 7 heteroatoms. The van der Waals surface area contributed by atoms with E-state index in [9.17, 15) is 8.78 Å². The maximum atomic E-state index is 12.1. The van der Waals surface area contributed by atoms with Crippen LogP contribution >= 0.6 is 0 Å². The minimum absolute atomic E-state index is 1.83. The van der Waals surface area contributed by atoms with Crippen LogP contribution in [0.5, 0.6) is 0 Å². The molecule has 4 atom stereocenters. The molecule has 0 aromatic heterocycles. The van der Waals surface area contributed by atoms with Gasteiger partial charge in [0.1, 0.15) is 12.2 Å². The number of aliphatic hydroxyl groups excluding tert-OH is 3. The Balaban J connectivity index is 2.71. The Hall–Kier alpha value is -0.340. The molecule has 0 saturated carbocycles. The molecule has 5 nitrogen and oxygen atoms in total. The van der Waals surface area contributed by atoms with Crippen molar-refractivity contribution in [2.75, 3.05) is 0 Å². The topological polar surface area (TPSA) is 90.2 Å². The number of aliphatic hydroxyl groups is 4. The van der Waals surface area contributed by atoms with Gasteiger partial charge in [0.25, 0.3) is 0 Å². The van der Waals surface area contributed by atoms with Gasteiger partial charge in [-0.2, -0.15) is 8.78 Å². The van der Waals surface area contributed by atoms with Gasteiger partial charge in [-0.25, -0.2) is 0 Å². The number of alkyl halides is 2. The predicted octanol–water partition coefficient (Wildman–Crippen LogP) is -1.99. The van der Waals surface area contributed by atoms with E-state index in [2.05, 4.69) is 4.74 Å². The zero-order chi connectivity index (χ0) is 9.52. The van der Waals surface area contributed by atoms with Crippen LogP contribution in [-0.2, 0) is 4.74 Å². The Morgan fingerprint density at radius 1 is 1.08 bits per heavy atom. The van der Waals surface area contributed by atoms with E-state index in [1.807, 2.05) is 0 Å². The highest BCUT2D eigenvalue weighted by molar-refractivity contribution is 4.89. The molecule has 1 unspecified atom stereocenters. The van der Waals surface area contributed by atoms with E-state index in [-0.39, 0.29) is 0 Å². The monoisotopic (exact) mass is 186 g/mol. The summed E-state index contributed by atoms with van der Waals surface area (Å²) in [6.07, 6.45) is -12.3. The van der Waals surface area contributed by atoms with Gasteiger partial charge in [0.15, 0.2) is 12.4 Å². The zero-order valence-electron chi connectivity index (χ0n) is 5.76. The number of ether oxygens (including phenoxy) is 1. The van der Waals surface area contributed by atoms with Crippen molar-refractivity contribution >= 4 is 0 Å². The lowest BCUT2D eigenvalue weighted by Crippen LogP contribution is -2.43. The lowest BCUT2D eigenvalue weighted by molar-refractivity contribution is -0.289. The van der Waals surface area contributed by atoms with Crippen LogP contribution in [0.2, 0.25) is 0 Å². The highest BCUT2D eigenvalue weighted by atomic mass is 19.3. The number of rotatable bonds is 1. The molecule has 1 aliphatic rings. The molecule has 1 heterocycles. The first-order chi connectivity index (χ1) is 5.34. The molecule has 1 saturated heterocycles. The average Bonchev–Trinajstić information content (AvgIpc) is 2.15. The summed E-state index contributed by atoms with van der Waals surface area (Å²) < 4.78 is 28.2. The van der Waals surface area contributed by atoms with Gasteiger partial charge in [-0.05, 0) is 0 Å². The Kier molecular flexibility index (Phi) is 2.32. The fourth-order valence-corrected chi connectivity index (χ4v) is 0.946. The third kappa shape index (κ3) is 1.54. The molecule has 0 spiro atoms. The SMILES string of the molecule is OC1O[C@H](C(O)(F)F)[C@@H](O)[C@H]1O. The summed E-state index contributed by atoms with van der Waals surface area (Å²) in [5.41, 5.74) is 0. The fourth-order valence-electron chi connectivity index (χ4n) is 0.946. The molecule has 72 valence electrons. The predicted molar refractivity (Wildman–Crippen MR) is 30.1 cm³/mol. The van der Waals surface area contributed by atoms with Gasteiger partial charge in [0, 0.05) is 0 Å². The smallest absolute Gasteiger partial charge is 0.382 e. The Bertz CT molecular complexity index is 170. The maximum absolute atomic E-state index is 12.1. The second kappa shape index (κ2) is 2.86. The van der Waals surface area contributed by atoms with E-state index in [1.54, 1.807) is 0 Å². The summed E-state index contributed by atoms with van der Waals surface area (Å²) in [7, 11) is 0. The van der Waals surface area contributed by atoms with Crippen LogP contribution in [0.25, 0.3) is 0 Å². The Morgan fingerprint density at radius 3 is 1.75 bits per heavy atom. The highest BCUT2D eigenvalue weighted by Gasteiger charge is 2.54. The average molecular weight is 186 g/mol. The largest absolute Gasteiger partial charge is 0.387 e. The number of hydrogen-bond donors (Lipinski definition) is 4. The summed E-state index contributed by atoms with van der Waals surface area (Å²) in [5.74, 6) is 0. The van der Waals surface area contributed by atoms with Crippen LogP contribution in [0.1, 0.15) is 0 Å². The second-order valence-electron chi connectivity index (χ2n) is 2.52. The molecule has 0 aromatic rings. The van der Waals surface area contributed by atoms with Gasteiger partial charge in [-0.1, -0.05) is 0 Å². The molecule has 0 amide bonds. The molecule has 12 heavy (non-hydrogen) atoms. The molecule has 4 N–H and O–H groups in total. The first kappa shape index (κ1) is 9.75. The van der Waals surface area contributed by atoms with Crippen LogP contribution in [-0.4, -0.2) is 51.1 Å². The highest BCUT2D eigenvalue weighted by Crippen LogP contribution is 2.29. The van der Waals surface area contributed by atoms with Crippen molar-refractivity contribution in [2.45, 2.75) is 30.7 Å². The summed E-state index contributed by atoms with van der Waals surface area (Å²) >= 11 is 0. The molecular formula is C5H8F2O5. The van der Waals surface area contributed by atoms with Gasteiger partial charge in [0.05, 0.1) is 0 Å². The fraction of sp³-hybridized carbons (Fsp3) is 1.00. The third-order valence-electron chi connectivity index (χ3n) is 1.58. The van der Waals surface area contributed by atoms with Crippen molar-refractivity contribution < 1.29 is 33.9 Å². The van der Waals surface area contributed by atoms with E-state index < -0.39 is 30.7 Å².